The fraction of sp³-hybridized carbons (Fsp3) is 0.652. The van der Waals surface area contributed by atoms with Crippen LogP contribution in [0.25, 0.3) is 0 Å². The van der Waals surface area contributed by atoms with E-state index in [4.69, 9.17) is 4.74 Å². The third-order valence-corrected chi connectivity index (χ3v) is 7.54. The van der Waals surface area contributed by atoms with Crippen LogP contribution in [-0.2, 0) is 16.0 Å². The lowest BCUT2D eigenvalue weighted by Gasteiger charge is -2.46. The molecule has 0 radical (unpaired) electrons. The topological polar surface area (TPSA) is 65.1 Å². The lowest BCUT2D eigenvalue weighted by molar-refractivity contribution is -0.133. The molecule has 164 valence electrons. The second-order valence-electron chi connectivity index (χ2n) is 8.93. The van der Waals surface area contributed by atoms with Gasteiger partial charge >= 0.3 is 6.03 Å². The molecule has 4 rings (SSSR count). The zero-order chi connectivity index (χ0) is 21.3. The molecule has 7 heteroatoms. The Morgan fingerprint density at radius 1 is 1.20 bits per heavy atom. The molecular weight excluding hydrogens is 380 g/mol. The van der Waals surface area contributed by atoms with Crippen molar-refractivity contribution in [1.29, 1.82) is 0 Å². The van der Waals surface area contributed by atoms with Crippen molar-refractivity contribution in [2.75, 3.05) is 58.8 Å². The van der Waals surface area contributed by atoms with Crippen LogP contribution >= 0.6 is 0 Å². The number of fused-ring (bicyclic) bond motifs is 2. The highest BCUT2D eigenvalue weighted by atomic mass is 16.5. The Bertz CT molecular complexity index is 773. The van der Waals surface area contributed by atoms with Gasteiger partial charge in [0.2, 0.25) is 5.91 Å². The van der Waals surface area contributed by atoms with Crippen LogP contribution in [0.5, 0.6) is 0 Å². The molecular formula is C23H34N4O3. The Kier molecular flexibility index (Phi) is 6.02. The van der Waals surface area contributed by atoms with Crippen molar-refractivity contribution in [2.45, 2.75) is 31.7 Å². The number of nitrogens with zero attached hydrogens (tertiary/aromatic N) is 3. The van der Waals surface area contributed by atoms with Gasteiger partial charge in [0.15, 0.2) is 0 Å². The van der Waals surface area contributed by atoms with Gasteiger partial charge in [0.05, 0.1) is 18.1 Å². The number of methoxy groups -OCH3 is 1. The molecule has 3 aliphatic rings. The number of urea groups is 1. The van der Waals surface area contributed by atoms with Gasteiger partial charge < -0.3 is 19.9 Å². The van der Waals surface area contributed by atoms with E-state index in [2.05, 4.69) is 29.3 Å². The fourth-order valence-corrected chi connectivity index (χ4v) is 5.63. The summed E-state index contributed by atoms with van der Waals surface area (Å²) >= 11 is 0. The molecule has 1 N–H and O–H groups in total. The number of carbonyl (C=O) groups is 2. The molecule has 3 saturated heterocycles. The van der Waals surface area contributed by atoms with E-state index in [1.807, 2.05) is 29.0 Å². The number of ether oxygens (including phenoxy) is 1. The average molecular weight is 415 g/mol. The maximum atomic E-state index is 13.0. The summed E-state index contributed by atoms with van der Waals surface area (Å²) in [4.78, 5) is 32.0. The lowest BCUT2D eigenvalue weighted by Crippen LogP contribution is -2.57. The maximum Gasteiger partial charge on any atom is 0.321 e. The van der Waals surface area contributed by atoms with Gasteiger partial charge in [0, 0.05) is 58.5 Å². The molecule has 1 spiro atoms. The predicted octanol–water partition coefficient (Wildman–Crippen LogP) is 2.28. The average Bonchev–Trinajstić information content (AvgIpc) is 3.28. The first-order valence-electron chi connectivity index (χ1n) is 11.1. The normalized spacial score (nSPS) is 25.8. The van der Waals surface area contributed by atoms with Gasteiger partial charge in [0.1, 0.15) is 0 Å². The largest absolute Gasteiger partial charge is 0.383 e. The lowest BCUT2D eigenvalue weighted by atomic mass is 9.75. The molecule has 1 aromatic rings. The molecule has 3 aliphatic heterocycles. The van der Waals surface area contributed by atoms with Gasteiger partial charge in [-0.2, -0.15) is 0 Å². The zero-order valence-electron chi connectivity index (χ0n) is 18.4. The molecule has 0 unspecified atom stereocenters. The number of hydrogen-bond donors (Lipinski definition) is 1. The van der Waals surface area contributed by atoms with Crippen LogP contribution in [0.4, 0.5) is 10.5 Å². The molecule has 0 aliphatic carbocycles. The third kappa shape index (κ3) is 3.69. The number of rotatable bonds is 5. The minimum atomic E-state index is -0.122. The minimum Gasteiger partial charge on any atom is -0.383 e. The highest BCUT2D eigenvalue weighted by Crippen LogP contribution is 2.48. The Labute approximate surface area is 179 Å². The molecule has 0 aromatic heterocycles. The number of carbonyl (C=O) groups excluding carboxylic acids is 2. The summed E-state index contributed by atoms with van der Waals surface area (Å²) in [6, 6.07) is 7.98. The van der Waals surface area contributed by atoms with Crippen LogP contribution in [0.1, 0.15) is 25.3 Å². The van der Waals surface area contributed by atoms with Gasteiger partial charge in [-0.25, -0.2) is 4.79 Å². The van der Waals surface area contributed by atoms with Crippen molar-refractivity contribution in [3.05, 3.63) is 29.8 Å². The molecule has 3 fully saturated rings. The number of likely N-dealkylation sites (tertiary alicyclic amines) is 3. The molecule has 0 saturated carbocycles. The molecule has 1 aromatic carbocycles. The smallest absolute Gasteiger partial charge is 0.321 e. The highest BCUT2D eigenvalue weighted by Gasteiger charge is 2.60. The fourth-order valence-electron chi connectivity index (χ4n) is 5.63. The second-order valence-corrected chi connectivity index (χ2v) is 8.93. The van der Waals surface area contributed by atoms with Crippen molar-refractivity contribution in [2.24, 2.45) is 11.8 Å². The van der Waals surface area contributed by atoms with E-state index in [9.17, 15) is 9.59 Å². The van der Waals surface area contributed by atoms with Crippen molar-refractivity contribution >= 4 is 17.6 Å². The number of benzene rings is 1. The van der Waals surface area contributed by atoms with Crippen LogP contribution in [0.3, 0.4) is 0 Å². The van der Waals surface area contributed by atoms with Crippen LogP contribution in [-0.4, -0.2) is 85.7 Å². The van der Waals surface area contributed by atoms with Gasteiger partial charge in [-0.1, -0.05) is 19.1 Å². The van der Waals surface area contributed by atoms with Crippen molar-refractivity contribution < 1.29 is 14.3 Å². The van der Waals surface area contributed by atoms with Crippen LogP contribution in [0.15, 0.2) is 24.3 Å². The quantitative estimate of drug-likeness (QED) is 0.803. The van der Waals surface area contributed by atoms with E-state index in [1.54, 1.807) is 7.11 Å². The SMILES string of the molecule is CCc1ccc(NC(=O)N2CCC3(CC2)[C@@H]2CN(CCOC)C[C@@H]2C(=O)N3C)cc1. The molecule has 3 heterocycles. The van der Waals surface area contributed by atoms with E-state index < -0.39 is 0 Å². The Morgan fingerprint density at radius 3 is 2.53 bits per heavy atom. The number of anilines is 1. The summed E-state index contributed by atoms with van der Waals surface area (Å²) < 4.78 is 5.22. The summed E-state index contributed by atoms with van der Waals surface area (Å²) in [5.74, 6) is 0.705. The van der Waals surface area contributed by atoms with E-state index in [1.165, 1.54) is 5.56 Å². The first kappa shape index (κ1) is 21.1. The first-order valence-corrected chi connectivity index (χ1v) is 11.1. The summed E-state index contributed by atoms with van der Waals surface area (Å²) in [6.45, 7) is 6.83. The van der Waals surface area contributed by atoms with Crippen LogP contribution in [0, 0.1) is 11.8 Å². The summed E-state index contributed by atoms with van der Waals surface area (Å²) in [5, 5.41) is 3.02. The Hall–Kier alpha value is -2.12. The van der Waals surface area contributed by atoms with E-state index in [0.29, 0.717) is 25.6 Å². The number of amides is 3. The van der Waals surface area contributed by atoms with E-state index in [0.717, 1.165) is 44.6 Å². The molecule has 2 atom stereocenters. The van der Waals surface area contributed by atoms with Crippen LogP contribution < -0.4 is 5.32 Å². The first-order chi connectivity index (χ1) is 14.5. The predicted molar refractivity (Wildman–Crippen MR) is 116 cm³/mol. The Morgan fingerprint density at radius 2 is 1.90 bits per heavy atom. The van der Waals surface area contributed by atoms with Crippen molar-refractivity contribution in [1.82, 2.24) is 14.7 Å². The van der Waals surface area contributed by atoms with Gasteiger partial charge in [-0.05, 0) is 37.0 Å². The molecule has 3 amide bonds. The molecule has 7 nitrogen and oxygen atoms in total. The van der Waals surface area contributed by atoms with Crippen LogP contribution in [0.2, 0.25) is 0 Å². The monoisotopic (exact) mass is 414 g/mol. The molecule has 0 bridgehead atoms. The van der Waals surface area contributed by atoms with E-state index in [-0.39, 0.29) is 23.4 Å². The summed E-state index contributed by atoms with van der Waals surface area (Å²) in [5.41, 5.74) is 1.96. The zero-order valence-corrected chi connectivity index (χ0v) is 18.4. The standard InChI is InChI=1S/C23H34N4O3/c1-4-17-5-7-18(8-6-17)24-22(29)27-11-9-23(10-12-27)20-16-26(13-14-30-3)15-19(20)21(28)25(23)2/h5-8,19-20H,4,9-16H2,1-3H3,(H,24,29)/t19-,20+/m0/s1. The number of nitrogens with one attached hydrogen (secondary N) is 1. The Balaban J connectivity index is 1.38. The van der Waals surface area contributed by atoms with Gasteiger partial charge in [-0.3, -0.25) is 9.69 Å². The summed E-state index contributed by atoms with van der Waals surface area (Å²) in [6.07, 6.45) is 2.67. The summed E-state index contributed by atoms with van der Waals surface area (Å²) in [7, 11) is 3.68. The second kappa shape index (κ2) is 8.55. The van der Waals surface area contributed by atoms with Crippen molar-refractivity contribution in [3.8, 4) is 0 Å². The third-order valence-electron chi connectivity index (χ3n) is 7.54. The number of hydrogen-bond acceptors (Lipinski definition) is 4. The van der Waals surface area contributed by atoms with Crippen molar-refractivity contribution in [3.63, 3.8) is 0 Å². The minimum absolute atomic E-state index is 0.0502. The molecule has 30 heavy (non-hydrogen) atoms. The van der Waals surface area contributed by atoms with E-state index >= 15 is 0 Å². The number of piperidine rings is 1. The van der Waals surface area contributed by atoms with Gasteiger partial charge in [-0.15, -0.1) is 0 Å². The number of aryl methyl sites for hydroxylation is 1. The van der Waals surface area contributed by atoms with Gasteiger partial charge in [0.25, 0.3) is 0 Å². The maximum absolute atomic E-state index is 13.0. The highest BCUT2D eigenvalue weighted by molar-refractivity contribution is 5.89.